The quantitative estimate of drug-likeness (QED) is 0.628. The number of carbonyl (C=O) groups excluding carboxylic acids is 2. The number of anilines is 1. The Labute approximate surface area is 117 Å². The molecule has 2 amide bonds. The number of hydrogen-bond acceptors (Lipinski definition) is 4. The fraction of sp³-hybridized carbons (Fsp3) is 0.429. The Morgan fingerprint density at radius 3 is 2.60 bits per heavy atom. The SMILES string of the molecule is CN(CC(=O)N1CCCC1)C(=O)c1ccc(N)c(O)c1. The summed E-state index contributed by atoms with van der Waals surface area (Å²) in [4.78, 5) is 27.3. The maximum atomic E-state index is 12.2. The van der Waals surface area contributed by atoms with E-state index in [0.717, 1.165) is 25.9 Å². The second-order valence-electron chi connectivity index (χ2n) is 5.02. The lowest BCUT2D eigenvalue weighted by molar-refractivity contribution is -0.130. The lowest BCUT2D eigenvalue weighted by Gasteiger charge is -2.21. The lowest BCUT2D eigenvalue weighted by Crippen LogP contribution is -2.39. The molecule has 3 N–H and O–H groups in total. The van der Waals surface area contributed by atoms with Gasteiger partial charge in [0.1, 0.15) is 5.75 Å². The molecule has 0 spiro atoms. The maximum Gasteiger partial charge on any atom is 0.254 e. The molecule has 0 atom stereocenters. The first-order valence-corrected chi connectivity index (χ1v) is 6.61. The number of nitrogens with two attached hydrogens (primary N) is 1. The summed E-state index contributed by atoms with van der Waals surface area (Å²) < 4.78 is 0. The highest BCUT2D eigenvalue weighted by molar-refractivity contribution is 5.97. The summed E-state index contributed by atoms with van der Waals surface area (Å²) in [7, 11) is 1.57. The summed E-state index contributed by atoms with van der Waals surface area (Å²) in [6.45, 7) is 1.58. The van der Waals surface area contributed by atoms with Crippen LogP contribution in [-0.2, 0) is 4.79 Å². The monoisotopic (exact) mass is 277 g/mol. The summed E-state index contributed by atoms with van der Waals surface area (Å²) in [5.74, 6) is -0.485. The number of benzene rings is 1. The van der Waals surface area contributed by atoms with Crippen LogP contribution >= 0.6 is 0 Å². The maximum absolute atomic E-state index is 12.2. The lowest BCUT2D eigenvalue weighted by atomic mass is 10.1. The van der Waals surface area contributed by atoms with Crippen molar-refractivity contribution >= 4 is 17.5 Å². The number of hydrogen-bond donors (Lipinski definition) is 2. The van der Waals surface area contributed by atoms with E-state index in [0.29, 0.717) is 5.56 Å². The van der Waals surface area contributed by atoms with E-state index < -0.39 is 0 Å². The van der Waals surface area contributed by atoms with Crippen molar-refractivity contribution in [3.05, 3.63) is 23.8 Å². The van der Waals surface area contributed by atoms with Crippen LogP contribution in [0.25, 0.3) is 0 Å². The van der Waals surface area contributed by atoms with Gasteiger partial charge in [0.05, 0.1) is 12.2 Å². The van der Waals surface area contributed by atoms with Crippen molar-refractivity contribution in [1.29, 1.82) is 0 Å². The third-order valence-electron chi connectivity index (χ3n) is 3.46. The third kappa shape index (κ3) is 3.01. The van der Waals surface area contributed by atoms with E-state index >= 15 is 0 Å². The molecule has 1 aliphatic heterocycles. The number of carbonyl (C=O) groups is 2. The van der Waals surface area contributed by atoms with Gasteiger partial charge in [-0.1, -0.05) is 0 Å². The van der Waals surface area contributed by atoms with E-state index in [1.165, 1.54) is 23.1 Å². The molecule has 1 aliphatic rings. The zero-order chi connectivity index (χ0) is 14.7. The Hall–Kier alpha value is -2.24. The summed E-state index contributed by atoms with van der Waals surface area (Å²) in [5.41, 5.74) is 6.03. The van der Waals surface area contributed by atoms with E-state index in [4.69, 9.17) is 5.73 Å². The van der Waals surface area contributed by atoms with Crippen LogP contribution in [0.15, 0.2) is 18.2 Å². The van der Waals surface area contributed by atoms with Crippen molar-refractivity contribution in [3.63, 3.8) is 0 Å². The molecule has 20 heavy (non-hydrogen) atoms. The molecular formula is C14H19N3O3. The molecule has 1 heterocycles. The topological polar surface area (TPSA) is 86.9 Å². The molecular weight excluding hydrogens is 258 g/mol. The fourth-order valence-corrected chi connectivity index (χ4v) is 2.24. The van der Waals surface area contributed by atoms with E-state index in [1.807, 2.05) is 0 Å². The second kappa shape index (κ2) is 5.81. The summed E-state index contributed by atoms with van der Waals surface area (Å²) in [6, 6.07) is 4.32. The van der Waals surface area contributed by atoms with Gasteiger partial charge in [-0.15, -0.1) is 0 Å². The highest BCUT2D eigenvalue weighted by Gasteiger charge is 2.22. The fourth-order valence-electron chi connectivity index (χ4n) is 2.24. The number of rotatable bonds is 3. The van der Waals surface area contributed by atoms with Gasteiger partial charge >= 0.3 is 0 Å². The highest BCUT2D eigenvalue weighted by atomic mass is 16.3. The molecule has 108 valence electrons. The number of nitrogens with zero attached hydrogens (tertiary/aromatic N) is 2. The van der Waals surface area contributed by atoms with Crippen LogP contribution in [-0.4, -0.2) is 53.4 Å². The molecule has 1 aromatic rings. The number of phenols is 1. The first-order chi connectivity index (χ1) is 9.49. The van der Waals surface area contributed by atoms with E-state index in [-0.39, 0.29) is 29.8 Å². The highest BCUT2D eigenvalue weighted by Crippen LogP contribution is 2.21. The van der Waals surface area contributed by atoms with Crippen molar-refractivity contribution in [2.24, 2.45) is 0 Å². The minimum atomic E-state index is -0.312. The van der Waals surface area contributed by atoms with Crippen LogP contribution in [0.1, 0.15) is 23.2 Å². The van der Waals surface area contributed by atoms with Crippen molar-refractivity contribution in [2.45, 2.75) is 12.8 Å². The average Bonchev–Trinajstić information content (AvgIpc) is 2.95. The molecule has 0 saturated carbocycles. The number of likely N-dealkylation sites (N-methyl/N-ethyl adjacent to an activating group) is 1. The Morgan fingerprint density at radius 2 is 2.00 bits per heavy atom. The van der Waals surface area contributed by atoms with Crippen molar-refractivity contribution in [2.75, 3.05) is 32.4 Å². The van der Waals surface area contributed by atoms with Gasteiger partial charge in [-0.2, -0.15) is 0 Å². The largest absolute Gasteiger partial charge is 0.506 e. The molecule has 1 fully saturated rings. The van der Waals surface area contributed by atoms with Gasteiger partial charge in [-0.05, 0) is 31.0 Å². The van der Waals surface area contributed by atoms with Crippen molar-refractivity contribution < 1.29 is 14.7 Å². The van der Waals surface area contributed by atoms with Gasteiger partial charge in [-0.25, -0.2) is 0 Å². The smallest absolute Gasteiger partial charge is 0.254 e. The standard InChI is InChI=1S/C14H19N3O3/c1-16(9-13(19)17-6-2-3-7-17)14(20)10-4-5-11(15)12(18)8-10/h4-5,8,18H,2-3,6-7,9,15H2,1H3. The number of nitrogen functional groups attached to an aromatic ring is 1. The van der Waals surface area contributed by atoms with Crippen LogP contribution in [0.4, 0.5) is 5.69 Å². The van der Waals surface area contributed by atoms with Crippen LogP contribution in [0.5, 0.6) is 5.75 Å². The summed E-state index contributed by atoms with van der Waals surface area (Å²) in [5, 5.41) is 9.51. The summed E-state index contributed by atoms with van der Waals surface area (Å²) in [6.07, 6.45) is 2.05. The van der Waals surface area contributed by atoms with Gasteiger partial charge < -0.3 is 20.6 Å². The second-order valence-corrected chi connectivity index (χ2v) is 5.02. The third-order valence-corrected chi connectivity index (χ3v) is 3.46. The Balaban J connectivity index is 2.00. The summed E-state index contributed by atoms with van der Waals surface area (Å²) >= 11 is 0. The van der Waals surface area contributed by atoms with Crippen LogP contribution in [0.2, 0.25) is 0 Å². The molecule has 1 saturated heterocycles. The van der Waals surface area contributed by atoms with Gasteiger partial charge in [-0.3, -0.25) is 9.59 Å². The molecule has 6 nitrogen and oxygen atoms in total. The van der Waals surface area contributed by atoms with E-state index in [9.17, 15) is 14.7 Å². The predicted octanol–water partition coefficient (Wildman–Crippen LogP) is 0.669. The molecule has 0 aromatic heterocycles. The molecule has 1 aromatic carbocycles. The van der Waals surface area contributed by atoms with Gasteiger partial charge in [0.25, 0.3) is 5.91 Å². The Kier molecular flexibility index (Phi) is 4.12. The average molecular weight is 277 g/mol. The minimum Gasteiger partial charge on any atom is -0.506 e. The Morgan fingerprint density at radius 1 is 1.35 bits per heavy atom. The van der Waals surface area contributed by atoms with Gasteiger partial charge in [0.15, 0.2) is 0 Å². The van der Waals surface area contributed by atoms with E-state index in [1.54, 1.807) is 11.9 Å². The predicted molar refractivity (Wildman–Crippen MR) is 75.3 cm³/mol. The molecule has 0 radical (unpaired) electrons. The minimum absolute atomic E-state index is 0.0435. The van der Waals surface area contributed by atoms with Crippen LogP contribution < -0.4 is 5.73 Å². The number of likely N-dealkylation sites (tertiary alicyclic amines) is 1. The first kappa shape index (κ1) is 14.2. The molecule has 0 bridgehead atoms. The number of phenolic OH excluding ortho intramolecular Hbond substituents is 1. The zero-order valence-electron chi connectivity index (χ0n) is 11.5. The van der Waals surface area contributed by atoms with E-state index in [2.05, 4.69) is 0 Å². The molecule has 2 rings (SSSR count). The van der Waals surface area contributed by atoms with Crippen LogP contribution in [0, 0.1) is 0 Å². The molecule has 0 aliphatic carbocycles. The first-order valence-electron chi connectivity index (χ1n) is 6.61. The normalized spacial score (nSPS) is 14.3. The Bertz CT molecular complexity index is 524. The van der Waals surface area contributed by atoms with Crippen LogP contribution in [0.3, 0.4) is 0 Å². The number of aromatic hydroxyl groups is 1. The molecule has 0 unspecified atom stereocenters. The van der Waals surface area contributed by atoms with Gasteiger partial charge in [0, 0.05) is 25.7 Å². The molecule has 6 heteroatoms. The number of amides is 2. The van der Waals surface area contributed by atoms with Crippen molar-refractivity contribution in [3.8, 4) is 5.75 Å². The van der Waals surface area contributed by atoms with Gasteiger partial charge in [0.2, 0.25) is 5.91 Å². The zero-order valence-corrected chi connectivity index (χ0v) is 11.5. The van der Waals surface area contributed by atoms with Crippen molar-refractivity contribution in [1.82, 2.24) is 9.80 Å².